The molecule has 2 heterocycles. The van der Waals surface area contributed by atoms with Gasteiger partial charge in [0, 0.05) is 29.4 Å². The lowest BCUT2D eigenvalue weighted by Gasteiger charge is -2.08. The van der Waals surface area contributed by atoms with Gasteiger partial charge in [0.15, 0.2) is 0 Å². The molecule has 0 unspecified atom stereocenters. The number of pyridine rings is 1. The molecule has 0 atom stereocenters. The van der Waals surface area contributed by atoms with Crippen molar-refractivity contribution >= 4 is 11.0 Å². The summed E-state index contributed by atoms with van der Waals surface area (Å²) in [5, 5.41) is 0.893. The van der Waals surface area contributed by atoms with E-state index in [0.29, 0.717) is 16.9 Å². The van der Waals surface area contributed by atoms with Crippen LogP contribution in [0.1, 0.15) is 5.56 Å². The molecule has 4 heteroatoms. The van der Waals surface area contributed by atoms with Crippen LogP contribution < -0.4 is 10.4 Å². The maximum Gasteiger partial charge on any atom is 0.344 e. The molecule has 0 aliphatic heterocycles. The highest BCUT2D eigenvalue weighted by molar-refractivity contribution is 5.87. The van der Waals surface area contributed by atoms with Gasteiger partial charge in [-0.3, -0.25) is 4.98 Å². The zero-order chi connectivity index (χ0) is 14.1. The zero-order valence-electron chi connectivity index (χ0n) is 11.2. The van der Waals surface area contributed by atoms with E-state index in [0.717, 1.165) is 16.5 Å². The van der Waals surface area contributed by atoms with Crippen molar-refractivity contribution in [2.75, 3.05) is 7.11 Å². The summed E-state index contributed by atoms with van der Waals surface area (Å²) in [7, 11) is 1.58. The van der Waals surface area contributed by atoms with E-state index in [1.165, 1.54) is 0 Å². The molecule has 1 aromatic carbocycles. The van der Waals surface area contributed by atoms with Gasteiger partial charge in [0.2, 0.25) is 0 Å². The number of fused-ring (bicyclic) bond motifs is 1. The Morgan fingerprint density at radius 3 is 2.80 bits per heavy atom. The van der Waals surface area contributed by atoms with E-state index in [4.69, 9.17) is 9.15 Å². The van der Waals surface area contributed by atoms with E-state index in [1.54, 1.807) is 31.6 Å². The average molecular weight is 267 g/mol. The third kappa shape index (κ3) is 1.95. The molecule has 3 rings (SSSR count). The molecule has 2 aromatic heterocycles. The predicted octanol–water partition coefficient (Wildman–Crippen LogP) is 3.17. The molecule has 4 nitrogen and oxygen atoms in total. The first kappa shape index (κ1) is 12.4. The summed E-state index contributed by atoms with van der Waals surface area (Å²) in [4.78, 5) is 16.3. The second-order valence-electron chi connectivity index (χ2n) is 4.49. The molecule has 0 radical (unpaired) electrons. The van der Waals surface area contributed by atoms with Crippen molar-refractivity contribution < 1.29 is 9.15 Å². The molecule has 20 heavy (non-hydrogen) atoms. The highest BCUT2D eigenvalue weighted by Crippen LogP contribution is 2.28. The van der Waals surface area contributed by atoms with Gasteiger partial charge in [-0.1, -0.05) is 6.07 Å². The van der Waals surface area contributed by atoms with Gasteiger partial charge in [-0.2, -0.15) is 0 Å². The quantitative estimate of drug-likeness (QED) is 0.669. The van der Waals surface area contributed by atoms with Gasteiger partial charge in [0.05, 0.1) is 12.7 Å². The van der Waals surface area contributed by atoms with Crippen molar-refractivity contribution in [3.05, 3.63) is 58.7 Å². The van der Waals surface area contributed by atoms with Gasteiger partial charge in [0.1, 0.15) is 11.3 Å². The normalized spacial score (nSPS) is 10.7. The molecule has 0 aliphatic rings. The van der Waals surface area contributed by atoms with Crippen molar-refractivity contribution in [1.82, 2.24) is 4.98 Å². The predicted molar refractivity (Wildman–Crippen MR) is 77.0 cm³/mol. The molecule has 0 spiro atoms. The van der Waals surface area contributed by atoms with E-state index in [-0.39, 0.29) is 5.63 Å². The fraction of sp³-hybridized carbons (Fsp3) is 0.125. The third-order valence-electron chi connectivity index (χ3n) is 3.32. The van der Waals surface area contributed by atoms with Crippen LogP contribution in [0, 0.1) is 6.92 Å². The van der Waals surface area contributed by atoms with E-state index in [2.05, 4.69) is 4.98 Å². The number of aryl methyl sites for hydroxylation is 1. The number of benzene rings is 1. The monoisotopic (exact) mass is 267 g/mol. The van der Waals surface area contributed by atoms with Gasteiger partial charge in [-0.25, -0.2) is 4.79 Å². The summed E-state index contributed by atoms with van der Waals surface area (Å²) in [6, 6.07) is 9.11. The van der Waals surface area contributed by atoms with Crippen LogP contribution in [0.2, 0.25) is 0 Å². The summed E-state index contributed by atoms with van der Waals surface area (Å²) < 4.78 is 10.6. The molecule has 0 amide bonds. The minimum Gasteiger partial charge on any atom is -0.497 e. The van der Waals surface area contributed by atoms with E-state index < -0.39 is 0 Å². The van der Waals surface area contributed by atoms with Crippen LogP contribution in [0.5, 0.6) is 5.75 Å². The maximum atomic E-state index is 12.2. The van der Waals surface area contributed by atoms with Crippen molar-refractivity contribution in [3.8, 4) is 16.9 Å². The van der Waals surface area contributed by atoms with Gasteiger partial charge in [-0.05, 0) is 30.7 Å². The molecule has 3 aromatic rings. The van der Waals surface area contributed by atoms with Crippen molar-refractivity contribution in [2.45, 2.75) is 6.92 Å². The van der Waals surface area contributed by atoms with Crippen LogP contribution in [0.15, 0.2) is 51.9 Å². The number of nitrogens with zero attached hydrogens (tertiary/aromatic N) is 1. The number of hydrogen-bond acceptors (Lipinski definition) is 4. The highest BCUT2D eigenvalue weighted by Gasteiger charge is 2.13. The molecule has 0 bridgehead atoms. The Bertz CT molecular complexity index is 822. The van der Waals surface area contributed by atoms with Crippen LogP contribution in [-0.2, 0) is 0 Å². The molecule has 0 saturated carbocycles. The third-order valence-corrected chi connectivity index (χ3v) is 3.32. The standard InChI is InChI=1S/C16H13NO3/c1-10-13-6-5-12(19-2)8-14(13)20-16(18)15(10)11-4-3-7-17-9-11/h3-9H,1-2H3. The Morgan fingerprint density at radius 2 is 2.10 bits per heavy atom. The lowest BCUT2D eigenvalue weighted by molar-refractivity contribution is 0.414. The van der Waals surface area contributed by atoms with E-state index in [9.17, 15) is 4.79 Å². The number of methoxy groups -OCH3 is 1. The van der Waals surface area contributed by atoms with Crippen molar-refractivity contribution in [1.29, 1.82) is 0 Å². The fourth-order valence-electron chi connectivity index (χ4n) is 2.31. The average Bonchev–Trinajstić information content (AvgIpc) is 2.47. The van der Waals surface area contributed by atoms with Crippen LogP contribution in [0.25, 0.3) is 22.1 Å². The van der Waals surface area contributed by atoms with Crippen LogP contribution >= 0.6 is 0 Å². The lowest BCUT2D eigenvalue weighted by Crippen LogP contribution is -2.06. The second-order valence-corrected chi connectivity index (χ2v) is 4.49. The SMILES string of the molecule is COc1ccc2c(C)c(-c3cccnc3)c(=O)oc2c1. The van der Waals surface area contributed by atoms with Crippen LogP contribution in [0.4, 0.5) is 0 Å². The van der Waals surface area contributed by atoms with Crippen LogP contribution in [0.3, 0.4) is 0 Å². The Kier molecular flexibility index (Phi) is 2.99. The largest absolute Gasteiger partial charge is 0.497 e. The minimum atomic E-state index is -0.365. The molecule has 0 aliphatic carbocycles. The Balaban J connectivity index is 2.33. The Morgan fingerprint density at radius 1 is 1.25 bits per heavy atom. The number of ether oxygens (including phenoxy) is 1. The Hall–Kier alpha value is -2.62. The highest BCUT2D eigenvalue weighted by atomic mass is 16.5. The molecule has 0 fully saturated rings. The van der Waals surface area contributed by atoms with E-state index in [1.807, 2.05) is 25.1 Å². The summed E-state index contributed by atoms with van der Waals surface area (Å²) in [6.45, 7) is 1.91. The van der Waals surface area contributed by atoms with Gasteiger partial charge >= 0.3 is 5.63 Å². The molecule has 100 valence electrons. The topological polar surface area (TPSA) is 52.3 Å². The lowest BCUT2D eigenvalue weighted by atomic mass is 10.0. The smallest absolute Gasteiger partial charge is 0.344 e. The molecule has 0 N–H and O–H groups in total. The maximum absolute atomic E-state index is 12.2. The summed E-state index contributed by atoms with van der Waals surface area (Å²) >= 11 is 0. The second kappa shape index (κ2) is 4.81. The first-order chi connectivity index (χ1) is 9.70. The summed E-state index contributed by atoms with van der Waals surface area (Å²) in [5.74, 6) is 0.661. The number of hydrogen-bond donors (Lipinski definition) is 0. The number of rotatable bonds is 2. The first-order valence-electron chi connectivity index (χ1n) is 6.22. The molecular weight excluding hydrogens is 254 g/mol. The fourth-order valence-corrected chi connectivity index (χ4v) is 2.31. The minimum absolute atomic E-state index is 0.365. The van der Waals surface area contributed by atoms with E-state index >= 15 is 0 Å². The van der Waals surface area contributed by atoms with Gasteiger partial charge < -0.3 is 9.15 Å². The van der Waals surface area contributed by atoms with Gasteiger partial charge in [0.25, 0.3) is 0 Å². The van der Waals surface area contributed by atoms with Crippen molar-refractivity contribution in [2.24, 2.45) is 0 Å². The molecule has 0 saturated heterocycles. The van der Waals surface area contributed by atoms with Crippen molar-refractivity contribution in [3.63, 3.8) is 0 Å². The first-order valence-corrected chi connectivity index (χ1v) is 6.22. The van der Waals surface area contributed by atoms with Crippen LogP contribution in [-0.4, -0.2) is 12.1 Å². The summed E-state index contributed by atoms with van der Waals surface area (Å²) in [5.41, 5.74) is 2.36. The number of aromatic nitrogens is 1. The molecular formula is C16H13NO3. The Labute approximate surface area is 115 Å². The zero-order valence-corrected chi connectivity index (χ0v) is 11.2. The summed E-state index contributed by atoms with van der Waals surface area (Å²) in [6.07, 6.45) is 3.33. The van der Waals surface area contributed by atoms with Gasteiger partial charge in [-0.15, -0.1) is 0 Å².